The number of esters is 1. The Kier molecular flexibility index (Phi) is 3.60. The third kappa shape index (κ3) is 2.34. The van der Waals surface area contributed by atoms with Crippen molar-refractivity contribution < 1.29 is 18.7 Å². The number of nitrogens with zero attached hydrogens (tertiary/aromatic N) is 1. The van der Waals surface area contributed by atoms with Crippen LogP contribution in [0.3, 0.4) is 0 Å². The summed E-state index contributed by atoms with van der Waals surface area (Å²) < 4.78 is 18.2. The molecule has 1 aliphatic rings. The van der Waals surface area contributed by atoms with Gasteiger partial charge in [0.25, 0.3) is 0 Å². The van der Waals surface area contributed by atoms with Gasteiger partial charge < -0.3 is 9.64 Å². The van der Waals surface area contributed by atoms with Gasteiger partial charge in [-0.2, -0.15) is 0 Å². The first-order valence-electron chi connectivity index (χ1n) is 5.74. The van der Waals surface area contributed by atoms with Crippen molar-refractivity contribution in [1.82, 2.24) is 4.90 Å². The number of carbonyl (C=O) groups excluding carboxylic acids is 2. The second-order valence-corrected chi connectivity index (χ2v) is 4.19. The fourth-order valence-corrected chi connectivity index (χ4v) is 2.12. The molecule has 0 bridgehead atoms. The van der Waals surface area contributed by atoms with E-state index in [0.717, 1.165) is 0 Å². The monoisotopic (exact) mass is 251 g/mol. The van der Waals surface area contributed by atoms with E-state index in [1.807, 2.05) is 0 Å². The van der Waals surface area contributed by atoms with Gasteiger partial charge >= 0.3 is 5.97 Å². The van der Waals surface area contributed by atoms with Gasteiger partial charge in [0.05, 0.1) is 7.11 Å². The van der Waals surface area contributed by atoms with Gasteiger partial charge in [-0.05, 0) is 12.5 Å². The Hall–Kier alpha value is -1.91. The van der Waals surface area contributed by atoms with Gasteiger partial charge in [-0.25, -0.2) is 9.18 Å². The average molecular weight is 251 g/mol. The van der Waals surface area contributed by atoms with Crippen molar-refractivity contribution in [3.05, 3.63) is 35.6 Å². The molecule has 4 nitrogen and oxygen atoms in total. The van der Waals surface area contributed by atoms with E-state index in [1.54, 1.807) is 18.2 Å². The van der Waals surface area contributed by atoms with Gasteiger partial charge in [-0.3, -0.25) is 4.79 Å². The molecule has 1 fully saturated rings. The van der Waals surface area contributed by atoms with Crippen LogP contribution in [0, 0.1) is 5.82 Å². The minimum Gasteiger partial charge on any atom is -0.467 e. The molecule has 2 rings (SSSR count). The Labute approximate surface area is 104 Å². The number of carbonyl (C=O) groups is 2. The maximum Gasteiger partial charge on any atom is 0.328 e. The highest BCUT2D eigenvalue weighted by atomic mass is 19.1. The van der Waals surface area contributed by atoms with Crippen molar-refractivity contribution in [1.29, 1.82) is 0 Å². The molecule has 0 spiro atoms. The highest BCUT2D eigenvalue weighted by molar-refractivity contribution is 5.88. The van der Waals surface area contributed by atoms with E-state index in [2.05, 4.69) is 4.74 Å². The van der Waals surface area contributed by atoms with Gasteiger partial charge in [0.15, 0.2) is 0 Å². The van der Waals surface area contributed by atoms with Crippen LogP contribution < -0.4 is 0 Å². The summed E-state index contributed by atoms with van der Waals surface area (Å²) in [6.45, 7) is 0.102. The summed E-state index contributed by atoms with van der Waals surface area (Å²) in [7, 11) is 1.28. The molecule has 1 heterocycles. The van der Waals surface area contributed by atoms with E-state index >= 15 is 0 Å². The van der Waals surface area contributed by atoms with Crippen molar-refractivity contribution in [2.24, 2.45) is 0 Å². The standard InChI is InChI=1S/C13H14FNO3/c1-18-13(17)11-6-7-12(16)15(11)8-9-4-2-3-5-10(9)14/h2-5,11H,6-8H2,1H3. The molecule has 1 aliphatic heterocycles. The zero-order chi connectivity index (χ0) is 13.1. The second-order valence-electron chi connectivity index (χ2n) is 4.19. The molecule has 18 heavy (non-hydrogen) atoms. The molecule has 1 unspecified atom stereocenters. The van der Waals surface area contributed by atoms with Crippen LogP contribution >= 0.6 is 0 Å². The van der Waals surface area contributed by atoms with E-state index in [4.69, 9.17) is 0 Å². The second kappa shape index (κ2) is 5.16. The van der Waals surface area contributed by atoms with Crippen LogP contribution in [0.5, 0.6) is 0 Å². The molecule has 1 aromatic rings. The van der Waals surface area contributed by atoms with E-state index in [-0.39, 0.29) is 18.3 Å². The molecule has 0 radical (unpaired) electrons. The summed E-state index contributed by atoms with van der Waals surface area (Å²) in [5.74, 6) is -0.966. The predicted molar refractivity (Wildman–Crippen MR) is 62.0 cm³/mol. The van der Waals surface area contributed by atoms with Gasteiger partial charge in [-0.15, -0.1) is 0 Å². The van der Waals surface area contributed by atoms with Crippen LogP contribution in [0.4, 0.5) is 4.39 Å². The molecule has 0 aliphatic carbocycles. The fraction of sp³-hybridized carbons (Fsp3) is 0.385. The number of methoxy groups -OCH3 is 1. The number of hydrogen-bond acceptors (Lipinski definition) is 3. The first-order valence-corrected chi connectivity index (χ1v) is 5.74. The summed E-state index contributed by atoms with van der Waals surface area (Å²) >= 11 is 0. The van der Waals surface area contributed by atoms with E-state index in [1.165, 1.54) is 18.1 Å². The lowest BCUT2D eigenvalue weighted by atomic mass is 10.1. The molecule has 96 valence electrons. The van der Waals surface area contributed by atoms with Crippen LogP contribution in [0.2, 0.25) is 0 Å². The van der Waals surface area contributed by atoms with Crippen LogP contribution in [0.25, 0.3) is 0 Å². The molecule has 1 amide bonds. The predicted octanol–water partition coefficient (Wildman–Crippen LogP) is 1.49. The molecule has 5 heteroatoms. The summed E-state index contributed by atoms with van der Waals surface area (Å²) in [6.07, 6.45) is 0.730. The number of likely N-dealkylation sites (tertiary alicyclic amines) is 1. The van der Waals surface area contributed by atoms with Crippen molar-refractivity contribution >= 4 is 11.9 Å². The van der Waals surface area contributed by atoms with Crippen molar-refractivity contribution in [2.75, 3.05) is 7.11 Å². The third-order valence-corrected chi connectivity index (χ3v) is 3.10. The SMILES string of the molecule is COC(=O)C1CCC(=O)N1Cc1ccccc1F. The van der Waals surface area contributed by atoms with E-state index < -0.39 is 12.0 Å². The normalized spacial score (nSPS) is 19.1. The minimum atomic E-state index is -0.595. The van der Waals surface area contributed by atoms with Gasteiger partial charge in [0, 0.05) is 18.5 Å². The van der Waals surface area contributed by atoms with E-state index in [0.29, 0.717) is 18.4 Å². The van der Waals surface area contributed by atoms with Crippen molar-refractivity contribution in [3.63, 3.8) is 0 Å². The average Bonchev–Trinajstić information content (AvgIpc) is 2.73. The van der Waals surface area contributed by atoms with Gasteiger partial charge in [0.2, 0.25) is 5.91 Å². The van der Waals surface area contributed by atoms with Gasteiger partial charge in [-0.1, -0.05) is 18.2 Å². The van der Waals surface area contributed by atoms with Crippen LogP contribution in [0.15, 0.2) is 24.3 Å². The molecular weight excluding hydrogens is 237 g/mol. The molecule has 1 aromatic carbocycles. The Bertz CT molecular complexity index is 475. The zero-order valence-electron chi connectivity index (χ0n) is 10.1. The highest BCUT2D eigenvalue weighted by Gasteiger charge is 2.36. The first kappa shape index (κ1) is 12.5. The molecule has 0 aromatic heterocycles. The minimum absolute atomic E-state index is 0.102. The largest absolute Gasteiger partial charge is 0.467 e. The number of ether oxygens (including phenoxy) is 1. The number of rotatable bonds is 3. The summed E-state index contributed by atoms with van der Waals surface area (Å²) in [4.78, 5) is 24.6. The topological polar surface area (TPSA) is 46.6 Å². The Morgan fingerprint density at radius 1 is 1.50 bits per heavy atom. The van der Waals surface area contributed by atoms with Crippen LogP contribution in [-0.2, 0) is 20.9 Å². The van der Waals surface area contributed by atoms with Gasteiger partial charge in [0.1, 0.15) is 11.9 Å². The number of benzene rings is 1. The quantitative estimate of drug-likeness (QED) is 0.765. The number of amides is 1. The summed E-state index contributed by atoms with van der Waals surface area (Å²) in [6, 6.07) is 5.63. The Morgan fingerprint density at radius 3 is 2.89 bits per heavy atom. The maximum atomic E-state index is 13.5. The third-order valence-electron chi connectivity index (χ3n) is 3.10. The number of halogens is 1. The van der Waals surface area contributed by atoms with Crippen LogP contribution in [0.1, 0.15) is 18.4 Å². The summed E-state index contributed by atoms with van der Waals surface area (Å²) in [5.41, 5.74) is 0.404. The van der Waals surface area contributed by atoms with Crippen molar-refractivity contribution in [2.45, 2.75) is 25.4 Å². The number of hydrogen-bond donors (Lipinski definition) is 0. The van der Waals surface area contributed by atoms with Crippen molar-refractivity contribution in [3.8, 4) is 0 Å². The molecule has 0 N–H and O–H groups in total. The molecular formula is C13H14FNO3. The lowest BCUT2D eigenvalue weighted by Crippen LogP contribution is -2.38. The lowest BCUT2D eigenvalue weighted by molar-refractivity contribution is -0.149. The molecule has 1 saturated heterocycles. The lowest BCUT2D eigenvalue weighted by Gasteiger charge is -2.22. The summed E-state index contributed by atoms with van der Waals surface area (Å²) in [5, 5.41) is 0. The Morgan fingerprint density at radius 2 is 2.22 bits per heavy atom. The smallest absolute Gasteiger partial charge is 0.328 e. The maximum absolute atomic E-state index is 13.5. The molecule has 0 saturated carbocycles. The molecule has 1 atom stereocenters. The fourth-order valence-electron chi connectivity index (χ4n) is 2.12. The van der Waals surface area contributed by atoms with E-state index in [9.17, 15) is 14.0 Å². The Balaban J connectivity index is 2.18. The first-order chi connectivity index (χ1) is 8.63. The van der Waals surface area contributed by atoms with Crippen LogP contribution in [-0.4, -0.2) is 29.9 Å². The zero-order valence-corrected chi connectivity index (χ0v) is 10.1. The highest BCUT2D eigenvalue weighted by Crippen LogP contribution is 2.23.